The predicted octanol–water partition coefficient (Wildman–Crippen LogP) is -0.780. The van der Waals surface area contributed by atoms with Crippen molar-refractivity contribution in [1.82, 2.24) is 5.32 Å². The third kappa shape index (κ3) is 6.33. The monoisotopic (exact) mass is 276 g/mol. The molecule has 1 unspecified atom stereocenters. The molecule has 0 bridgehead atoms. The molecule has 0 heterocycles. The number of nitrogens with one attached hydrogen (secondary N) is 1. The third-order valence-corrected chi connectivity index (χ3v) is 3.54. The van der Waals surface area contributed by atoms with Crippen LogP contribution in [0, 0.1) is 11.8 Å². The molecule has 1 atom stereocenters. The van der Waals surface area contributed by atoms with Gasteiger partial charge in [0.15, 0.2) is 0 Å². The summed E-state index contributed by atoms with van der Waals surface area (Å²) < 4.78 is 0. The van der Waals surface area contributed by atoms with Crippen LogP contribution in [0.5, 0.6) is 0 Å². The molecule has 0 radical (unpaired) electrons. The Bertz CT molecular complexity index is 247. The molecule has 114 valence electrons. The SMILES string of the molecule is CC(C)C(CCN)CCC(=O)NC(CO)(CO)CO. The van der Waals surface area contributed by atoms with Crippen LogP contribution in [0.25, 0.3) is 0 Å². The second-order valence-electron chi connectivity index (χ2n) is 5.42. The highest BCUT2D eigenvalue weighted by atomic mass is 16.3. The summed E-state index contributed by atoms with van der Waals surface area (Å²) in [5, 5.41) is 29.9. The smallest absolute Gasteiger partial charge is 0.220 e. The van der Waals surface area contributed by atoms with Gasteiger partial charge in [0.05, 0.1) is 19.8 Å². The standard InChI is InChI=1S/C13H28N2O4/c1-10(2)11(5-6-14)3-4-12(19)15-13(7-16,8-17)9-18/h10-11,16-18H,3-9,14H2,1-2H3,(H,15,19). The molecule has 0 aliphatic rings. The zero-order valence-corrected chi connectivity index (χ0v) is 11.9. The zero-order chi connectivity index (χ0) is 14.9. The number of aliphatic hydroxyl groups excluding tert-OH is 3. The van der Waals surface area contributed by atoms with Gasteiger partial charge in [-0.25, -0.2) is 0 Å². The Morgan fingerprint density at radius 3 is 2.05 bits per heavy atom. The number of carbonyl (C=O) groups is 1. The summed E-state index contributed by atoms with van der Waals surface area (Å²) in [5.74, 6) is 0.553. The Balaban J connectivity index is 4.30. The van der Waals surface area contributed by atoms with E-state index in [1.165, 1.54) is 0 Å². The minimum atomic E-state index is -1.34. The van der Waals surface area contributed by atoms with Crippen LogP contribution in [0.2, 0.25) is 0 Å². The molecule has 0 aromatic heterocycles. The van der Waals surface area contributed by atoms with Crippen molar-refractivity contribution < 1.29 is 20.1 Å². The highest BCUT2D eigenvalue weighted by molar-refractivity contribution is 5.76. The van der Waals surface area contributed by atoms with Gasteiger partial charge in [0, 0.05) is 6.42 Å². The predicted molar refractivity (Wildman–Crippen MR) is 73.4 cm³/mol. The Kier molecular flexibility index (Phi) is 8.92. The summed E-state index contributed by atoms with van der Waals surface area (Å²) in [7, 11) is 0. The van der Waals surface area contributed by atoms with Crippen molar-refractivity contribution in [2.75, 3.05) is 26.4 Å². The number of hydrogen-bond acceptors (Lipinski definition) is 5. The quantitative estimate of drug-likeness (QED) is 0.359. The van der Waals surface area contributed by atoms with Gasteiger partial charge in [-0.1, -0.05) is 13.8 Å². The molecule has 6 nitrogen and oxygen atoms in total. The maximum atomic E-state index is 11.8. The lowest BCUT2D eigenvalue weighted by molar-refractivity contribution is -0.125. The van der Waals surface area contributed by atoms with E-state index in [0.29, 0.717) is 31.2 Å². The van der Waals surface area contributed by atoms with Crippen LogP contribution in [-0.2, 0) is 4.79 Å². The normalized spacial score (nSPS) is 13.6. The molecule has 0 aromatic carbocycles. The van der Waals surface area contributed by atoms with E-state index < -0.39 is 25.4 Å². The van der Waals surface area contributed by atoms with Crippen LogP contribution >= 0.6 is 0 Å². The number of nitrogens with two attached hydrogens (primary N) is 1. The van der Waals surface area contributed by atoms with Gasteiger partial charge in [-0.15, -0.1) is 0 Å². The summed E-state index contributed by atoms with van der Waals surface area (Å²) in [4.78, 5) is 11.8. The van der Waals surface area contributed by atoms with Gasteiger partial charge < -0.3 is 26.4 Å². The number of carbonyl (C=O) groups excluding carboxylic acids is 1. The van der Waals surface area contributed by atoms with E-state index >= 15 is 0 Å². The minimum absolute atomic E-state index is 0.278. The van der Waals surface area contributed by atoms with E-state index in [0.717, 1.165) is 6.42 Å². The Morgan fingerprint density at radius 1 is 1.16 bits per heavy atom. The average Bonchev–Trinajstić information content (AvgIpc) is 2.40. The van der Waals surface area contributed by atoms with Crippen molar-refractivity contribution >= 4 is 5.91 Å². The van der Waals surface area contributed by atoms with Gasteiger partial charge in [0.25, 0.3) is 0 Å². The number of aliphatic hydroxyl groups is 3. The van der Waals surface area contributed by atoms with Crippen molar-refractivity contribution in [3.05, 3.63) is 0 Å². The van der Waals surface area contributed by atoms with Gasteiger partial charge in [-0.2, -0.15) is 0 Å². The fourth-order valence-electron chi connectivity index (χ4n) is 1.97. The highest BCUT2D eigenvalue weighted by Crippen LogP contribution is 2.20. The van der Waals surface area contributed by atoms with Crippen molar-refractivity contribution in [1.29, 1.82) is 0 Å². The third-order valence-electron chi connectivity index (χ3n) is 3.54. The second-order valence-corrected chi connectivity index (χ2v) is 5.42. The topological polar surface area (TPSA) is 116 Å². The summed E-state index contributed by atoms with van der Waals surface area (Å²) >= 11 is 0. The molecule has 0 rings (SSSR count). The molecule has 0 spiro atoms. The van der Waals surface area contributed by atoms with Crippen LogP contribution in [0.15, 0.2) is 0 Å². The Hall–Kier alpha value is -0.690. The van der Waals surface area contributed by atoms with E-state index in [1.807, 2.05) is 0 Å². The zero-order valence-electron chi connectivity index (χ0n) is 11.9. The molecule has 0 aromatic rings. The lowest BCUT2D eigenvalue weighted by Gasteiger charge is -2.29. The molecule has 0 aliphatic heterocycles. The second kappa shape index (κ2) is 9.25. The van der Waals surface area contributed by atoms with E-state index in [1.54, 1.807) is 0 Å². The average molecular weight is 276 g/mol. The van der Waals surface area contributed by atoms with Gasteiger partial charge >= 0.3 is 0 Å². The van der Waals surface area contributed by atoms with Gasteiger partial charge in [0.1, 0.15) is 5.54 Å². The maximum absolute atomic E-state index is 11.8. The van der Waals surface area contributed by atoms with Crippen molar-refractivity contribution in [3.63, 3.8) is 0 Å². The van der Waals surface area contributed by atoms with E-state index in [-0.39, 0.29) is 5.91 Å². The largest absolute Gasteiger partial charge is 0.394 e. The van der Waals surface area contributed by atoms with Crippen LogP contribution < -0.4 is 11.1 Å². The summed E-state index contributed by atoms with van der Waals surface area (Å²) in [6.07, 6.45) is 1.87. The maximum Gasteiger partial charge on any atom is 0.220 e. The number of rotatable bonds is 10. The lowest BCUT2D eigenvalue weighted by atomic mass is 9.88. The first-order valence-corrected chi connectivity index (χ1v) is 6.78. The Morgan fingerprint density at radius 2 is 1.68 bits per heavy atom. The lowest BCUT2D eigenvalue weighted by Crippen LogP contribution is -2.57. The summed E-state index contributed by atoms with van der Waals surface area (Å²) in [6.45, 7) is 3.29. The first-order chi connectivity index (χ1) is 8.94. The minimum Gasteiger partial charge on any atom is -0.394 e. The van der Waals surface area contributed by atoms with Crippen LogP contribution in [0.3, 0.4) is 0 Å². The first kappa shape index (κ1) is 18.3. The summed E-state index contributed by atoms with van der Waals surface area (Å²) in [6, 6.07) is 0. The summed E-state index contributed by atoms with van der Waals surface area (Å²) in [5.41, 5.74) is 4.21. The van der Waals surface area contributed by atoms with Crippen molar-refractivity contribution in [2.24, 2.45) is 17.6 Å². The highest BCUT2D eigenvalue weighted by Gasteiger charge is 2.29. The van der Waals surface area contributed by atoms with Gasteiger partial charge in [-0.05, 0) is 31.2 Å². The fraction of sp³-hybridized carbons (Fsp3) is 0.923. The molecule has 19 heavy (non-hydrogen) atoms. The van der Waals surface area contributed by atoms with Crippen LogP contribution in [-0.4, -0.2) is 53.1 Å². The number of amides is 1. The van der Waals surface area contributed by atoms with Gasteiger partial charge in [0.2, 0.25) is 5.91 Å². The van der Waals surface area contributed by atoms with Crippen molar-refractivity contribution in [2.45, 2.75) is 38.6 Å². The molecule has 6 N–H and O–H groups in total. The van der Waals surface area contributed by atoms with Gasteiger partial charge in [-0.3, -0.25) is 4.79 Å². The van der Waals surface area contributed by atoms with E-state index in [2.05, 4.69) is 19.2 Å². The first-order valence-electron chi connectivity index (χ1n) is 6.78. The number of hydrogen-bond donors (Lipinski definition) is 5. The van der Waals surface area contributed by atoms with Crippen LogP contribution in [0.1, 0.15) is 33.1 Å². The Labute approximate surface area is 115 Å². The van der Waals surface area contributed by atoms with E-state index in [4.69, 9.17) is 21.1 Å². The molecule has 1 amide bonds. The molecular weight excluding hydrogens is 248 g/mol. The van der Waals surface area contributed by atoms with Crippen LogP contribution in [0.4, 0.5) is 0 Å². The van der Waals surface area contributed by atoms with E-state index in [9.17, 15) is 4.79 Å². The molecule has 6 heteroatoms. The molecule has 0 saturated heterocycles. The van der Waals surface area contributed by atoms with Crippen molar-refractivity contribution in [3.8, 4) is 0 Å². The molecule has 0 saturated carbocycles. The molecular formula is C13H28N2O4. The fourth-order valence-corrected chi connectivity index (χ4v) is 1.97. The molecule has 0 aliphatic carbocycles. The molecule has 0 fully saturated rings.